The molecule has 0 heterocycles. The van der Waals surface area contributed by atoms with E-state index in [2.05, 4.69) is 15.9 Å². The smallest absolute Gasteiger partial charge is 0.169 e. The van der Waals surface area contributed by atoms with Gasteiger partial charge in [-0.1, -0.05) is 19.1 Å². The van der Waals surface area contributed by atoms with Gasteiger partial charge in [0.25, 0.3) is 0 Å². The number of rotatable bonds is 5. The third kappa shape index (κ3) is 3.42. The quantitative estimate of drug-likeness (QED) is 0.799. The Bertz CT molecular complexity index is 604. The fraction of sp³-hybridized carbons (Fsp3) is 0.200. The molecule has 0 aliphatic heterocycles. The van der Waals surface area contributed by atoms with E-state index in [0.29, 0.717) is 28.3 Å². The molecule has 0 radical (unpaired) electrons. The summed E-state index contributed by atoms with van der Waals surface area (Å²) in [4.78, 5) is 0. The molecule has 2 aromatic carbocycles. The summed E-state index contributed by atoms with van der Waals surface area (Å²) in [6, 6.07) is 10.0. The number of nitrogen functional groups attached to an aromatic ring is 1. The maximum Gasteiger partial charge on any atom is 0.169 e. The van der Waals surface area contributed by atoms with Crippen molar-refractivity contribution in [3.05, 3.63) is 46.7 Å². The fourth-order valence-corrected chi connectivity index (χ4v) is 1.94. The zero-order chi connectivity index (χ0) is 14.5. The molecule has 106 valence electrons. The standard InChI is InChI=1S/C15H15BrFNO2/c1-2-7-19-13-5-3-4-6-14(13)20-15-8-10(16)11(17)9-12(15)18/h3-6,8-9H,2,7,18H2,1H3. The van der Waals surface area contributed by atoms with E-state index < -0.39 is 5.82 Å². The van der Waals surface area contributed by atoms with E-state index in [4.69, 9.17) is 15.2 Å². The molecule has 0 amide bonds. The van der Waals surface area contributed by atoms with E-state index in [0.717, 1.165) is 6.42 Å². The maximum absolute atomic E-state index is 13.3. The highest BCUT2D eigenvalue weighted by Crippen LogP contribution is 2.36. The van der Waals surface area contributed by atoms with Crippen molar-refractivity contribution in [1.82, 2.24) is 0 Å². The van der Waals surface area contributed by atoms with Gasteiger partial charge in [0, 0.05) is 12.1 Å². The van der Waals surface area contributed by atoms with Crippen molar-refractivity contribution >= 4 is 21.6 Å². The lowest BCUT2D eigenvalue weighted by Gasteiger charge is -2.13. The van der Waals surface area contributed by atoms with Crippen molar-refractivity contribution in [1.29, 1.82) is 0 Å². The second-order valence-electron chi connectivity index (χ2n) is 4.20. The Hall–Kier alpha value is -1.75. The van der Waals surface area contributed by atoms with Gasteiger partial charge >= 0.3 is 0 Å². The molecule has 0 saturated carbocycles. The number of para-hydroxylation sites is 2. The summed E-state index contributed by atoms with van der Waals surface area (Å²) in [5, 5.41) is 0. The lowest BCUT2D eigenvalue weighted by Crippen LogP contribution is -1.99. The molecule has 0 saturated heterocycles. The highest BCUT2D eigenvalue weighted by Gasteiger charge is 2.11. The summed E-state index contributed by atoms with van der Waals surface area (Å²) in [5.74, 6) is 1.14. The van der Waals surface area contributed by atoms with Crippen LogP contribution in [-0.4, -0.2) is 6.61 Å². The first-order valence-corrected chi connectivity index (χ1v) is 7.05. The summed E-state index contributed by atoms with van der Waals surface area (Å²) in [5.41, 5.74) is 5.99. The number of halogens is 2. The minimum atomic E-state index is -0.426. The van der Waals surface area contributed by atoms with Crippen molar-refractivity contribution in [2.45, 2.75) is 13.3 Å². The van der Waals surface area contributed by atoms with Crippen LogP contribution in [0, 0.1) is 5.82 Å². The minimum Gasteiger partial charge on any atom is -0.490 e. The van der Waals surface area contributed by atoms with E-state index >= 15 is 0 Å². The van der Waals surface area contributed by atoms with Crippen molar-refractivity contribution in [3.63, 3.8) is 0 Å². The Morgan fingerprint density at radius 2 is 1.85 bits per heavy atom. The molecule has 0 fully saturated rings. The third-order valence-electron chi connectivity index (χ3n) is 2.58. The van der Waals surface area contributed by atoms with Crippen LogP contribution in [0.5, 0.6) is 17.2 Å². The van der Waals surface area contributed by atoms with Crippen molar-refractivity contribution in [2.75, 3.05) is 12.3 Å². The molecule has 0 bridgehead atoms. The highest BCUT2D eigenvalue weighted by atomic mass is 79.9. The number of anilines is 1. The number of hydrogen-bond donors (Lipinski definition) is 1. The predicted octanol–water partition coefficient (Wildman–Crippen LogP) is 4.75. The zero-order valence-corrected chi connectivity index (χ0v) is 12.6. The second-order valence-corrected chi connectivity index (χ2v) is 5.06. The minimum absolute atomic E-state index is 0.232. The monoisotopic (exact) mass is 339 g/mol. The van der Waals surface area contributed by atoms with Gasteiger partial charge in [0.1, 0.15) is 5.82 Å². The molecule has 5 heteroatoms. The Balaban J connectivity index is 2.28. The first-order chi connectivity index (χ1) is 9.61. The van der Waals surface area contributed by atoms with E-state index in [1.54, 1.807) is 6.07 Å². The van der Waals surface area contributed by atoms with Gasteiger partial charge in [0.2, 0.25) is 0 Å². The van der Waals surface area contributed by atoms with Crippen LogP contribution in [0.2, 0.25) is 0 Å². The summed E-state index contributed by atoms with van der Waals surface area (Å²) in [7, 11) is 0. The molecule has 0 aromatic heterocycles. The second kappa shape index (κ2) is 6.61. The number of nitrogens with two attached hydrogens (primary N) is 1. The number of ether oxygens (including phenoxy) is 2. The largest absolute Gasteiger partial charge is 0.490 e. The van der Waals surface area contributed by atoms with Crippen LogP contribution in [0.3, 0.4) is 0 Å². The topological polar surface area (TPSA) is 44.5 Å². The van der Waals surface area contributed by atoms with Crippen molar-refractivity contribution in [2.24, 2.45) is 0 Å². The van der Waals surface area contributed by atoms with Gasteiger partial charge in [0.15, 0.2) is 17.2 Å². The molecule has 0 aliphatic rings. The molecule has 0 aliphatic carbocycles. The van der Waals surface area contributed by atoms with Crippen LogP contribution in [-0.2, 0) is 0 Å². The summed E-state index contributed by atoms with van der Waals surface area (Å²) in [6.07, 6.45) is 0.901. The average Bonchev–Trinajstić information content (AvgIpc) is 2.44. The molecule has 2 rings (SSSR count). The molecule has 3 nitrogen and oxygen atoms in total. The SMILES string of the molecule is CCCOc1ccccc1Oc1cc(Br)c(F)cc1N. The number of benzene rings is 2. The van der Waals surface area contributed by atoms with Crippen LogP contribution >= 0.6 is 15.9 Å². The third-order valence-corrected chi connectivity index (χ3v) is 3.19. The summed E-state index contributed by atoms with van der Waals surface area (Å²) in [6.45, 7) is 2.63. The maximum atomic E-state index is 13.3. The van der Waals surface area contributed by atoms with E-state index in [-0.39, 0.29) is 5.69 Å². The van der Waals surface area contributed by atoms with E-state index in [1.807, 2.05) is 25.1 Å². The van der Waals surface area contributed by atoms with Crippen LogP contribution in [0.15, 0.2) is 40.9 Å². The fourth-order valence-electron chi connectivity index (χ4n) is 1.62. The highest BCUT2D eigenvalue weighted by molar-refractivity contribution is 9.10. The van der Waals surface area contributed by atoms with Gasteiger partial charge in [-0.25, -0.2) is 4.39 Å². The van der Waals surface area contributed by atoms with Crippen molar-refractivity contribution < 1.29 is 13.9 Å². The molecule has 0 unspecified atom stereocenters. The van der Waals surface area contributed by atoms with E-state index in [1.165, 1.54) is 12.1 Å². The Labute approximate surface area is 125 Å². The molecule has 20 heavy (non-hydrogen) atoms. The van der Waals surface area contributed by atoms with Gasteiger partial charge in [-0.05, 0) is 34.5 Å². The Morgan fingerprint density at radius 1 is 1.15 bits per heavy atom. The van der Waals surface area contributed by atoms with Crippen LogP contribution < -0.4 is 15.2 Å². The Morgan fingerprint density at radius 3 is 2.55 bits per heavy atom. The molecule has 0 atom stereocenters. The Kier molecular flexibility index (Phi) is 4.84. The first kappa shape index (κ1) is 14.7. The first-order valence-electron chi connectivity index (χ1n) is 6.26. The number of hydrogen-bond acceptors (Lipinski definition) is 3. The van der Waals surface area contributed by atoms with Crippen LogP contribution in [0.25, 0.3) is 0 Å². The summed E-state index contributed by atoms with van der Waals surface area (Å²) >= 11 is 3.11. The van der Waals surface area contributed by atoms with Gasteiger partial charge < -0.3 is 15.2 Å². The molecular weight excluding hydrogens is 325 g/mol. The lowest BCUT2D eigenvalue weighted by atomic mass is 10.2. The predicted molar refractivity (Wildman–Crippen MR) is 80.8 cm³/mol. The summed E-state index contributed by atoms with van der Waals surface area (Å²) < 4.78 is 25.0. The average molecular weight is 340 g/mol. The molecule has 2 aromatic rings. The van der Waals surface area contributed by atoms with Crippen molar-refractivity contribution in [3.8, 4) is 17.2 Å². The van der Waals surface area contributed by atoms with Gasteiger partial charge in [-0.15, -0.1) is 0 Å². The normalized spacial score (nSPS) is 10.3. The molecular formula is C15H15BrFNO2. The van der Waals surface area contributed by atoms with Gasteiger partial charge in [0.05, 0.1) is 16.8 Å². The molecule has 2 N–H and O–H groups in total. The van der Waals surface area contributed by atoms with Crippen LogP contribution in [0.1, 0.15) is 13.3 Å². The zero-order valence-electron chi connectivity index (χ0n) is 11.0. The van der Waals surface area contributed by atoms with Crippen LogP contribution in [0.4, 0.5) is 10.1 Å². The van der Waals surface area contributed by atoms with Gasteiger partial charge in [-0.3, -0.25) is 0 Å². The van der Waals surface area contributed by atoms with Gasteiger partial charge in [-0.2, -0.15) is 0 Å². The van der Waals surface area contributed by atoms with E-state index in [9.17, 15) is 4.39 Å². The lowest BCUT2D eigenvalue weighted by molar-refractivity contribution is 0.302. The molecule has 0 spiro atoms.